The number of rotatable bonds is 4. The first-order valence-electron chi connectivity index (χ1n) is 6.25. The van der Waals surface area contributed by atoms with Gasteiger partial charge in [0.15, 0.2) is 0 Å². The molecule has 0 saturated carbocycles. The number of carboxylic acids is 1. The smallest absolute Gasteiger partial charge is 0.326 e. The van der Waals surface area contributed by atoms with Gasteiger partial charge in [-0.05, 0) is 25.7 Å². The van der Waals surface area contributed by atoms with Crippen LogP contribution in [-0.4, -0.2) is 40.6 Å². The summed E-state index contributed by atoms with van der Waals surface area (Å²) in [7, 11) is 0. The second-order valence-corrected chi connectivity index (χ2v) is 4.97. The van der Waals surface area contributed by atoms with Crippen LogP contribution in [0.1, 0.15) is 40.0 Å². The molecule has 1 rings (SSSR count). The van der Waals surface area contributed by atoms with E-state index in [2.05, 4.69) is 12.2 Å². The number of carboxylic acid groups (broad SMARTS) is 1. The summed E-state index contributed by atoms with van der Waals surface area (Å²) >= 11 is 0. The molecule has 1 fully saturated rings. The average molecular weight is 242 g/mol. The van der Waals surface area contributed by atoms with E-state index >= 15 is 0 Å². The summed E-state index contributed by atoms with van der Waals surface area (Å²) in [6.45, 7) is 6.72. The number of aliphatic carboxylic acids is 1. The van der Waals surface area contributed by atoms with E-state index < -0.39 is 12.0 Å². The lowest BCUT2D eigenvalue weighted by Gasteiger charge is -2.24. The Morgan fingerprint density at radius 1 is 1.47 bits per heavy atom. The number of hydrogen-bond donors (Lipinski definition) is 2. The number of likely N-dealkylation sites (tertiary alicyclic amines) is 1. The minimum absolute atomic E-state index is 0.195. The van der Waals surface area contributed by atoms with Gasteiger partial charge in [-0.1, -0.05) is 20.3 Å². The molecule has 5 heteroatoms. The minimum atomic E-state index is -0.958. The number of hydrogen-bond acceptors (Lipinski definition) is 2. The summed E-state index contributed by atoms with van der Waals surface area (Å²) in [6, 6.07) is -0.820. The van der Waals surface area contributed by atoms with Crippen molar-refractivity contribution in [3.63, 3.8) is 0 Å². The SMILES string of the molecule is CCC[C@H](NC(=O)N1CC(C)CC1C)C(=O)O. The molecule has 3 atom stereocenters. The molecule has 17 heavy (non-hydrogen) atoms. The summed E-state index contributed by atoms with van der Waals surface area (Å²) < 4.78 is 0. The normalized spacial score (nSPS) is 25.7. The van der Waals surface area contributed by atoms with Gasteiger partial charge in [0.1, 0.15) is 6.04 Å². The first kappa shape index (κ1) is 13.8. The van der Waals surface area contributed by atoms with Crippen LogP contribution in [0.25, 0.3) is 0 Å². The quantitative estimate of drug-likeness (QED) is 0.788. The van der Waals surface area contributed by atoms with Crippen LogP contribution in [-0.2, 0) is 4.79 Å². The lowest BCUT2D eigenvalue weighted by atomic mass is 10.1. The molecule has 98 valence electrons. The number of urea groups is 1. The Bertz CT molecular complexity index is 293. The fourth-order valence-electron chi connectivity index (χ4n) is 2.36. The van der Waals surface area contributed by atoms with Crippen molar-refractivity contribution in [1.29, 1.82) is 0 Å². The molecule has 0 bridgehead atoms. The van der Waals surface area contributed by atoms with E-state index in [1.165, 1.54) is 0 Å². The maximum Gasteiger partial charge on any atom is 0.326 e. The van der Waals surface area contributed by atoms with Crippen LogP contribution in [0.4, 0.5) is 4.79 Å². The van der Waals surface area contributed by atoms with Crippen molar-refractivity contribution in [2.45, 2.75) is 52.1 Å². The number of nitrogens with one attached hydrogen (secondary N) is 1. The van der Waals surface area contributed by atoms with Crippen LogP contribution in [0, 0.1) is 5.92 Å². The summed E-state index contributed by atoms with van der Waals surface area (Å²) in [5, 5.41) is 11.6. The highest BCUT2D eigenvalue weighted by molar-refractivity contribution is 5.82. The molecular weight excluding hydrogens is 220 g/mol. The number of carbonyl (C=O) groups excluding carboxylic acids is 1. The highest BCUT2D eigenvalue weighted by Crippen LogP contribution is 2.22. The highest BCUT2D eigenvalue weighted by atomic mass is 16.4. The Morgan fingerprint density at radius 3 is 2.53 bits per heavy atom. The average Bonchev–Trinajstić information content (AvgIpc) is 2.57. The van der Waals surface area contributed by atoms with Crippen molar-refractivity contribution in [3.05, 3.63) is 0 Å². The van der Waals surface area contributed by atoms with Crippen LogP contribution in [0.3, 0.4) is 0 Å². The van der Waals surface area contributed by atoms with E-state index in [0.29, 0.717) is 18.9 Å². The molecule has 1 saturated heterocycles. The van der Waals surface area contributed by atoms with Crippen LogP contribution < -0.4 is 5.32 Å². The topological polar surface area (TPSA) is 69.6 Å². The van der Waals surface area contributed by atoms with Gasteiger partial charge in [0, 0.05) is 12.6 Å². The predicted octanol–water partition coefficient (Wildman–Crippen LogP) is 1.68. The summed E-state index contributed by atoms with van der Waals surface area (Å²) in [5.74, 6) is -0.467. The largest absolute Gasteiger partial charge is 0.480 e. The molecule has 0 spiro atoms. The van der Waals surface area contributed by atoms with Gasteiger partial charge < -0.3 is 15.3 Å². The first-order valence-corrected chi connectivity index (χ1v) is 6.25. The second kappa shape index (κ2) is 5.89. The third-order valence-electron chi connectivity index (χ3n) is 3.22. The Labute approximate surface area is 102 Å². The van der Waals surface area contributed by atoms with Crippen molar-refractivity contribution in [2.24, 2.45) is 5.92 Å². The molecule has 0 aromatic heterocycles. The zero-order chi connectivity index (χ0) is 13.0. The molecule has 1 heterocycles. The van der Waals surface area contributed by atoms with Gasteiger partial charge in [-0.15, -0.1) is 0 Å². The molecule has 2 amide bonds. The Kier molecular flexibility index (Phi) is 4.78. The summed E-state index contributed by atoms with van der Waals surface area (Å²) in [6.07, 6.45) is 2.20. The lowest BCUT2D eigenvalue weighted by molar-refractivity contribution is -0.139. The fourth-order valence-corrected chi connectivity index (χ4v) is 2.36. The van der Waals surface area contributed by atoms with Gasteiger partial charge in [-0.25, -0.2) is 9.59 Å². The molecule has 2 N–H and O–H groups in total. The van der Waals surface area contributed by atoms with Crippen molar-refractivity contribution in [2.75, 3.05) is 6.54 Å². The zero-order valence-electron chi connectivity index (χ0n) is 10.8. The predicted molar refractivity (Wildman–Crippen MR) is 64.8 cm³/mol. The highest BCUT2D eigenvalue weighted by Gasteiger charge is 2.31. The summed E-state index contributed by atoms with van der Waals surface area (Å²) in [4.78, 5) is 24.6. The molecule has 2 unspecified atom stereocenters. The van der Waals surface area contributed by atoms with E-state index in [9.17, 15) is 9.59 Å². The molecule has 1 aliphatic rings. The van der Waals surface area contributed by atoms with Crippen LogP contribution in [0.2, 0.25) is 0 Å². The van der Waals surface area contributed by atoms with Gasteiger partial charge in [0.05, 0.1) is 0 Å². The number of nitrogens with zero attached hydrogens (tertiary/aromatic N) is 1. The molecule has 0 aromatic rings. The minimum Gasteiger partial charge on any atom is -0.480 e. The molecule has 5 nitrogen and oxygen atoms in total. The van der Waals surface area contributed by atoms with Gasteiger partial charge in [0.25, 0.3) is 0 Å². The standard InChI is InChI=1S/C12H22N2O3/c1-4-5-10(11(15)16)13-12(17)14-7-8(2)6-9(14)3/h8-10H,4-7H2,1-3H3,(H,13,17)(H,15,16)/t8?,9?,10-/m0/s1. The maximum absolute atomic E-state index is 11.9. The number of amides is 2. The summed E-state index contributed by atoms with van der Waals surface area (Å²) in [5.41, 5.74) is 0. The Morgan fingerprint density at radius 2 is 2.12 bits per heavy atom. The van der Waals surface area contributed by atoms with Crippen LogP contribution in [0.5, 0.6) is 0 Å². The van der Waals surface area contributed by atoms with E-state index in [4.69, 9.17) is 5.11 Å². The van der Waals surface area contributed by atoms with E-state index in [1.54, 1.807) is 4.90 Å². The molecule has 0 radical (unpaired) electrons. The monoisotopic (exact) mass is 242 g/mol. The van der Waals surface area contributed by atoms with Gasteiger partial charge in [0.2, 0.25) is 0 Å². The van der Waals surface area contributed by atoms with Gasteiger partial charge in [-0.2, -0.15) is 0 Å². The first-order chi connectivity index (χ1) is 7.95. The van der Waals surface area contributed by atoms with Crippen LogP contribution >= 0.6 is 0 Å². The molecule has 1 aliphatic heterocycles. The number of carbonyl (C=O) groups is 2. The molecule has 0 aliphatic carbocycles. The van der Waals surface area contributed by atoms with Crippen molar-refractivity contribution in [1.82, 2.24) is 10.2 Å². The van der Waals surface area contributed by atoms with Gasteiger partial charge in [-0.3, -0.25) is 0 Å². The maximum atomic E-state index is 11.9. The van der Waals surface area contributed by atoms with E-state index in [0.717, 1.165) is 12.8 Å². The second-order valence-electron chi connectivity index (χ2n) is 4.97. The third-order valence-corrected chi connectivity index (χ3v) is 3.22. The zero-order valence-corrected chi connectivity index (χ0v) is 10.8. The van der Waals surface area contributed by atoms with Crippen LogP contribution in [0.15, 0.2) is 0 Å². The Hall–Kier alpha value is -1.26. The van der Waals surface area contributed by atoms with E-state index in [-0.39, 0.29) is 12.1 Å². The van der Waals surface area contributed by atoms with Crippen molar-refractivity contribution in [3.8, 4) is 0 Å². The van der Waals surface area contributed by atoms with Crippen molar-refractivity contribution < 1.29 is 14.7 Å². The third kappa shape index (κ3) is 3.61. The van der Waals surface area contributed by atoms with Gasteiger partial charge >= 0.3 is 12.0 Å². The molecular formula is C12H22N2O3. The fraction of sp³-hybridized carbons (Fsp3) is 0.833. The molecule has 0 aromatic carbocycles. The Balaban J connectivity index is 2.55. The van der Waals surface area contributed by atoms with E-state index in [1.807, 2.05) is 13.8 Å². The lowest BCUT2D eigenvalue weighted by Crippen LogP contribution is -2.49. The van der Waals surface area contributed by atoms with Crippen molar-refractivity contribution >= 4 is 12.0 Å².